The highest BCUT2D eigenvalue weighted by molar-refractivity contribution is 6.92. The number of rotatable bonds is 1. The monoisotopic (exact) mass is 393 g/mol. The predicted molar refractivity (Wildman–Crippen MR) is 110 cm³/mol. The van der Waals surface area contributed by atoms with Crippen molar-refractivity contribution in [3.63, 3.8) is 0 Å². The topological polar surface area (TPSA) is 128 Å². The van der Waals surface area contributed by atoms with Crippen molar-refractivity contribution in [3.8, 4) is 11.8 Å². The van der Waals surface area contributed by atoms with Gasteiger partial charge in [0.1, 0.15) is 23.7 Å². The lowest BCUT2D eigenvalue weighted by Crippen LogP contribution is -2.29. The minimum absolute atomic E-state index is 0.120. The van der Waals surface area contributed by atoms with Crippen molar-refractivity contribution in [3.05, 3.63) is 58.7 Å². The number of aryl methyl sites for hydroxylation is 1. The summed E-state index contributed by atoms with van der Waals surface area (Å²) < 4.78 is 19.8. The van der Waals surface area contributed by atoms with Crippen LogP contribution >= 0.6 is 0 Å². The number of halogens is 1. The minimum atomic E-state index is -1.13. The Morgan fingerprint density at radius 2 is 2.24 bits per heavy atom. The highest BCUT2D eigenvalue weighted by Gasteiger charge is 2.27. The largest absolute Gasteiger partial charge is 0.482 e. The second kappa shape index (κ2) is 8.33. The number of pyridine rings is 1. The molecule has 0 amide bonds. The Kier molecular flexibility index (Phi) is 5.85. The third kappa shape index (κ3) is 4.07. The Labute approximate surface area is 168 Å². The van der Waals surface area contributed by atoms with Gasteiger partial charge in [0.05, 0.1) is 0 Å². The molecule has 9 heteroatoms. The van der Waals surface area contributed by atoms with Gasteiger partial charge in [-0.25, -0.2) is 9.37 Å². The lowest BCUT2D eigenvalue weighted by molar-refractivity contribution is 0.226. The number of nitrogens with one attached hydrogen (secondary N) is 2. The van der Waals surface area contributed by atoms with Crippen LogP contribution in [0.2, 0.25) is 6.32 Å². The van der Waals surface area contributed by atoms with Crippen LogP contribution in [-0.2, 0) is 6.42 Å². The van der Waals surface area contributed by atoms with Crippen molar-refractivity contribution in [2.45, 2.75) is 25.8 Å². The number of hydrogen-bond donors (Lipinski definition) is 4. The van der Waals surface area contributed by atoms with Crippen molar-refractivity contribution < 1.29 is 14.2 Å². The number of allylic oxidation sites excluding steroid dienone is 2. The van der Waals surface area contributed by atoms with Gasteiger partial charge in [-0.1, -0.05) is 6.07 Å². The Morgan fingerprint density at radius 1 is 1.48 bits per heavy atom. The van der Waals surface area contributed by atoms with Crippen LogP contribution in [0.1, 0.15) is 29.7 Å². The van der Waals surface area contributed by atoms with E-state index in [9.17, 15) is 14.7 Å². The maximum atomic E-state index is 13.9. The molecule has 2 aromatic rings. The van der Waals surface area contributed by atoms with Gasteiger partial charge in [0.15, 0.2) is 11.6 Å². The fourth-order valence-electron chi connectivity index (χ4n) is 3.39. The average Bonchev–Trinajstić information content (AvgIpc) is 2.71. The molecule has 0 saturated heterocycles. The molecule has 2 bridgehead atoms. The summed E-state index contributed by atoms with van der Waals surface area (Å²) in [4.78, 5) is 4.13. The van der Waals surface area contributed by atoms with Crippen LogP contribution < -0.4 is 15.8 Å². The third-order valence-electron chi connectivity index (χ3n) is 4.92. The number of nitrogen functional groups attached to an aromatic ring is 1. The number of nitrogens with two attached hydrogens (primary N) is 1. The molecule has 0 radical (unpaired) electrons. The first-order valence-corrected chi connectivity index (χ1v) is 9.15. The summed E-state index contributed by atoms with van der Waals surface area (Å²) in [6, 6.07) is 7.99. The molecule has 0 fully saturated rings. The number of benzene rings is 1. The van der Waals surface area contributed by atoms with Crippen LogP contribution in [-0.4, -0.2) is 29.6 Å². The van der Waals surface area contributed by atoms with Gasteiger partial charge < -0.3 is 26.2 Å². The summed E-state index contributed by atoms with van der Waals surface area (Å²) in [6.07, 6.45) is 1.54. The maximum absolute atomic E-state index is 13.9. The average molecular weight is 393 g/mol. The van der Waals surface area contributed by atoms with Gasteiger partial charge in [-0.2, -0.15) is 5.26 Å². The van der Waals surface area contributed by atoms with Crippen LogP contribution in [0, 0.1) is 22.6 Å². The standard InChI is InChI=1S/C20H21BFN5O2/c1-11-15-8-14(22)4-3-12(15)5-6-21(28)19(24)18(16(9-23)26-2)13-7-17(29-11)20(25)27-10-13/h3-4,7-8,10-11,24,26,28H,5-6H2,1-2H3,(H2,25,27)/b18-16-,24-19?. The summed E-state index contributed by atoms with van der Waals surface area (Å²) in [5.74, 6) is -0.0127. The van der Waals surface area contributed by atoms with E-state index in [4.69, 9.17) is 15.9 Å². The van der Waals surface area contributed by atoms with Crippen molar-refractivity contribution in [2.24, 2.45) is 0 Å². The number of hydrogen-bond acceptors (Lipinski definition) is 7. The molecule has 5 N–H and O–H groups in total. The van der Waals surface area contributed by atoms with Gasteiger partial charge in [-0.15, -0.1) is 0 Å². The summed E-state index contributed by atoms with van der Waals surface area (Å²) in [7, 11) is 1.57. The first kappa shape index (κ1) is 20.4. The lowest BCUT2D eigenvalue weighted by atomic mass is 9.56. The molecule has 29 heavy (non-hydrogen) atoms. The van der Waals surface area contributed by atoms with E-state index in [0.717, 1.165) is 5.56 Å². The molecule has 148 valence electrons. The third-order valence-corrected chi connectivity index (χ3v) is 4.92. The summed E-state index contributed by atoms with van der Waals surface area (Å²) >= 11 is 0. The molecule has 0 saturated carbocycles. The van der Waals surface area contributed by atoms with Gasteiger partial charge in [-0.3, -0.25) is 0 Å². The number of aromatic nitrogens is 1. The quantitative estimate of drug-likeness (QED) is 0.435. The van der Waals surface area contributed by atoms with Gasteiger partial charge in [0, 0.05) is 30.0 Å². The summed E-state index contributed by atoms with van der Waals surface area (Å²) in [5, 5.41) is 31.4. The number of nitrogens with zero attached hydrogens (tertiary/aromatic N) is 2. The van der Waals surface area contributed by atoms with Gasteiger partial charge in [0.2, 0.25) is 0 Å². The second-order valence-corrected chi connectivity index (χ2v) is 6.79. The number of nitriles is 1. The normalized spacial score (nSPS) is 18.5. The molecule has 0 aliphatic carbocycles. The van der Waals surface area contributed by atoms with Crippen LogP contribution in [0.3, 0.4) is 0 Å². The fourth-order valence-corrected chi connectivity index (χ4v) is 3.39. The Bertz CT molecular complexity index is 1030. The van der Waals surface area contributed by atoms with E-state index in [0.29, 0.717) is 17.5 Å². The molecule has 1 atom stereocenters. The van der Waals surface area contributed by atoms with Gasteiger partial charge >= 0.3 is 6.92 Å². The Hall–Kier alpha value is -3.38. The van der Waals surface area contributed by atoms with E-state index in [2.05, 4.69) is 10.3 Å². The van der Waals surface area contributed by atoms with Crippen LogP contribution in [0.4, 0.5) is 10.2 Å². The summed E-state index contributed by atoms with van der Waals surface area (Å²) in [6.45, 7) is 0.649. The van der Waals surface area contributed by atoms with Crippen molar-refractivity contribution in [1.29, 1.82) is 10.7 Å². The SMILES string of the molecule is CN/C(C#N)=C1\C(=N)B(O)CCc2ccc(F)cc2C(C)Oc2cc1cnc2N. The molecule has 1 unspecified atom stereocenters. The maximum Gasteiger partial charge on any atom is 0.344 e. The molecule has 1 aliphatic rings. The Balaban J connectivity index is 2.22. The Morgan fingerprint density at radius 3 is 2.93 bits per heavy atom. The minimum Gasteiger partial charge on any atom is -0.482 e. The second-order valence-electron chi connectivity index (χ2n) is 6.79. The fraction of sp³-hybridized carbons (Fsp3) is 0.250. The van der Waals surface area contributed by atoms with Crippen molar-refractivity contribution >= 4 is 23.9 Å². The molecule has 1 aromatic carbocycles. The first-order valence-electron chi connectivity index (χ1n) is 9.15. The zero-order valence-corrected chi connectivity index (χ0v) is 16.2. The lowest BCUT2D eigenvalue weighted by Gasteiger charge is -2.22. The smallest absolute Gasteiger partial charge is 0.344 e. The van der Waals surface area contributed by atoms with Crippen LogP contribution in [0.15, 0.2) is 36.2 Å². The zero-order chi connectivity index (χ0) is 21.1. The molecule has 0 spiro atoms. The van der Waals surface area contributed by atoms with E-state index >= 15 is 0 Å². The number of anilines is 1. The van der Waals surface area contributed by atoms with E-state index in [1.54, 1.807) is 26.1 Å². The van der Waals surface area contributed by atoms with E-state index in [-0.39, 0.29) is 34.8 Å². The molecular formula is C20H21BFN5O2. The van der Waals surface area contributed by atoms with Crippen LogP contribution in [0.5, 0.6) is 5.75 Å². The van der Waals surface area contributed by atoms with Gasteiger partial charge in [0.25, 0.3) is 0 Å². The predicted octanol–water partition coefficient (Wildman–Crippen LogP) is 2.50. The molecule has 1 aliphatic heterocycles. The first-order chi connectivity index (χ1) is 13.8. The van der Waals surface area contributed by atoms with Crippen LogP contribution in [0.25, 0.3) is 5.57 Å². The summed E-state index contributed by atoms with van der Waals surface area (Å²) in [5.41, 5.74) is 8.05. The van der Waals surface area contributed by atoms with E-state index < -0.39 is 18.8 Å². The number of ether oxygens (including phenoxy) is 1. The van der Waals surface area contributed by atoms with Crippen molar-refractivity contribution in [2.75, 3.05) is 12.8 Å². The molecule has 3 rings (SSSR count). The highest BCUT2D eigenvalue weighted by atomic mass is 19.1. The highest BCUT2D eigenvalue weighted by Crippen LogP contribution is 2.33. The number of fused-ring (bicyclic) bond motifs is 3. The van der Waals surface area contributed by atoms with E-state index in [1.807, 2.05) is 6.07 Å². The molecule has 2 heterocycles. The zero-order valence-electron chi connectivity index (χ0n) is 16.2. The molecular weight excluding hydrogens is 372 g/mol. The van der Waals surface area contributed by atoms with Gasteiger partial charge in [-0.05, 0) is 49.0 Å². The van der Waals surface area contributed by atoms with E-state index in [1.165, 1.54) is 18.3 Å². The van der Waals surface area contributed by atoms with Crippen molar-refractivity contribution in [1.82, 2.24) is 10.3 Å². The molecule has 1 aromatic heterocycles. The molecule has 7 nitrogen and oxygen atoms in total.